The van der Waals surface area contributed by atoms with Crippen LogP contribution in [-0.4, -0.2) is 21.6 Å². The molecule has 1 unspecified atom stereocenters. The number of carbonyl (C=O) groups is 2. The first-order chi connectivity index (χ1) is 13.7. The summed E-state index contributed by atoms with van der Waals surface area (Å²) in [6, 6.07) is 18.4. The maximum absolute atomic E-state index is 12.9. The Morgan fingerprint density at radius 1 is 1.07 bits per heavy atom. The Labute approximate surface area is 164 Å². The first kappa shape index (κ1) is 19.4. The fourth-order valence-electron chi connectivity index (χ4n) is 2.95. The quantitative estimate of drug-likeness (QED) is 0.628. The zero-order valence-corrected chi connectivity index (χ0v) is 15.8. The molecule has 1 atom stereocenters. The van der Waals surface area contributed by atoms with Crippen molar-refractivity contribution in [2.24, 2.45) is 0 Å². The van der Waals surface area contributed by atoms with E-state index in [0.29, 0.717) is 24.2 Å². The van der Waals surface area contributed by atoms with Crippen molar-refractivity contribution < 1.29 is 9.59 Å². The van der Waals surface area contributed by atoms with Crippen LogP contribution in [0.15, 0.2) is 73.1 Å². The van der Waals surface area contributed by atoms with Crippen LogP contribution in [0.5, 0.6) is 0 Å². The molecule has 28 heavy (non-hydrogen) atoms. The Kier molecular flexibility index (Phi) is 6.57. The molecule has 0 aliphatic heterocycles. The average Bonchev–Trinajstić information content (AvgIpc) is 3.21. The average molecular weight is 376 g/mol. The van der Waals surface area contributed by atoms with Crippen molar-refractivity contribution in [3.05, 3.63) is 84.2 Å². The van der Waals surface area contributed by atoms with Gasteiger partial charge in [-0.3, -0.25) is 14.3 Å². The second-order valence-corrected chi connectivity index (χ2v) is 6.54. The molecule has 0 bridgehead atoms. The van der Waals surface area contributed by atoms with Crippen LogP contribution in [0.25, 0.3) is 0 Å². The molecule has 0 spiro atoms. The van der Waals surface area contributed by atoms with Gasteiger partial charge in [0.05, 0.1) is 12.6 Å². The molecule has 144 valence electrons. The van der Waals surface area contributed by atoms with Gasteiger partial charge in [0.25, 0.3) is 5.91 Å². The van der Waals surface area contributed by atoms with Crippen molar-refractivity contribution >= 4 is 17.5 Å². The number of anilines is 1. The molecule has 0 fully saturated rings. The van der Waals surface area contributed by atoms with Crippen LogP contribution < -0.4 is 10.6 Å². The molecule has 1 heterocycles. The van der Waals surface area contributed by atoms with E-state index in [4.69, 9.17) is 0 Å². The highest BCUT2D eigenvalue weighted by molar-refractivity contribution is 5.97. The van der Waals surface area contributed by atoms with Crippen LogP contribution in [0.2, 0.25) is 0 Å². The molecule has 3 aromatic rings. The summed E-state index contributed by atoms with van der Waals surface area (Å²) in [5.74, 6) is -0.256. The summed E-state index contributed by atoms with van der Waals surface area (Å²) >= 11 is 0. The van der Waals surface area contributed by atoms with Crippen molar-refractivity contribution in [2.75, 3.05) is 5.32 Å². The summed E-state index contributed by atoms with van der Waals surface area (Å²) in [6.07, 6.45) is 4.81. The third kappa shape index (κ3) is 5.30. The number of nitrogens with one attached hydrogen (secondary N) is 2. The fraction of sp³-hybridized carbons (Fsp3) is 0.227. The van der Waals surface area contributed by atoms with Crippen LogP contribution >= 0.6 is 0 Å². The lowest BCUT2D eigenvalue weighted by atomic mass is 10.1. The van der Waals surface area contributed by atoms with Crippen LogP contribution in [0.3, 0.4) is 0 Å². The molecule has 0 saturated carbocycles. The molecule has 6 nitrogen and oxygen atoms in total. The number of nitrogens with zero attached hydrogens (tertiary/aromatic N) is 2. The molecule has 2 aromatic carbocycles. The van der Waals surface area contributed by atoms with Crippen molar-refractivity contribution in [1.29, 1.82) is 0 Å². The molecule has 0 saturated heterocycles. The van der Waals surface area contributed by atoms with E-state index in [2.05, 4.69) is 15.7 Å². The van der Waals surface area contributed by atoms with E-state index in [1.807, 2.05) is 49.5 Å². The molecule has 1 aromatic heterocycles. The van der Waals surface area contributed by atoms with Gasteiger partial charge in [-0.25, -0.2) is 0 Å². The van der Waals surface area contributed by atoms with Gasteiger partial charge in [-0.05, 0) is 36.2 Å². The van der Waals surface area contributed by atoms with Crippen molar-refractivity contribution in [1.82, 2.24) is 15.1 Å². The van der Waals surface area contributed by atoms with Crippen LogP contribution in [0.4, 0.5) is 5.69 Å². The van der Waals surface area contributed by atoms with Gasteiger partial charge < -0.3 is 10.6 Å². The second kappa shape index (κ2) is 9.50. The molecule has 2 N–H and O–H groups in total. The minimum Gasteiger partial charge on any atom is -0.343 e. The summed E-state index contributed by atoms with van der Waals surface area (Å²) in [7, 11) is 0. The number of rotatable bonds is 8. The normalized spacial score (nSPS) is 11.6. The van der Waals surface area contributed by atoms with Gasteiger partial charge in [-0.15, -0.1) is 0 Å². The van der Waals surface area contributed by atoms with Crippen LogP contribution in [-0.2, 0) is 11.3 Å². The predicted molar refractivity (Wildman–Crippen MR) is 109 cm³/mol. The van der Waals surface area contributed by atoms with Gasteiger partial charge >= 0.3 is 0 Å². The maximum Gasteiger partial charge on any atom is 0.251 e. The highest BCUT2D eigenvalue weighted by atomic mass is 16.2. The van der Waals surface area contributed by atoms with E-state index in [0.717, 1.165) is 12.0 Å². The summed E-state index contributed by atoms with van der Waals surface area (Å²) in [4.78, 5) is 24.7. The lowest BCUT2D eigenvalue weighted by Gasteiger charge is -2.20. The van der Waals surface area contributed by atoms with Gasteiger partial charge in [0.1, 0.15) is 0 Å². The minimum atomic E-state index is -0.230. The zero-order chi connectivity index (χ0) is 19.8. The van der Waals surface area contributed by atoms with E-state index < -0.39 is 0 Å². The molecule has 3 rings (SSSR count). The summed E-state index contributed by atoms with van der Waals surface area (Å²) in [5, 5.41) is 10.2. The van der Waals surface area contributed by atoms with Gasteiger partial charge in [0, 0.05) is 30.1 Å². The Morgan fingerprint density at radius 3 is 2.61 bits per heavy atom. The Bertz CT molecular complexity index is 907. The summed E-state index contributed by atoms with van der Waals surface area (Å²) < 4.78 is 1.79. The minimum absolute atomic E-state index is 0.0547. The number of hydrogen-bond donors (Lipinski definition) is 2. The molecular formula is C22H24N4O2. The zero-order valence-electron chi connectivity index (χ0n) is 15.8. The largest absolute Gasteiger partial charge is 0.343 e. The van der Waals surface area contributed by atoms with Crippen LogP contribution in [0, 0.1) is 0 Å². The maximum atomic E-state index is 12.9. The third-order valence-corrected chi connectivity index (χ3v) is 4.32. The Hall–Kier alpha value is -3.41. The SMILES string of the molecule is CCCC(=O)Nc1cccc(C(=O)NC(Cn2cccn2)c2ccccc2)c1. The topological polar surface area (TPSA) is 76.0 Å². The fourth-order valence-corrected chi connectivity index (χ4v) is 2.95. The van der Waals surface area contributed by atoms with E-state index in [-0.39, 0.29) is 17.9 Å². The molecule has 0 aliphatic rings. The first-order valence-corrected chi connectivity index (χ1v) is 9.39. The van der Waals surface area contributed by atoms with E-state index in [9.17, 15) is 9.59 Å². The lowest BCUT2D eigenvalue weighted by molar-refractivity contribution is -0.116. The molecule has 2 amide bonds. The summed E-state index contributed by atoms with van der Waals surface area (Å²) in [5.41, 5.74) is 2.11. The smallest absolute Gasteiger partial charge is 0.251 e. The Balaban J connectivity index is 1.75. The molecular weight excluding hydrogens is 352 g/mol. The number of aromatic nitrogens is 2. The number of amides is 2. The Morgan fingerprint density at radius 2 is 1.89 bits per heavy atom. The van der Waals surface area contributed by atoms with Crippen LogP contribution in [0.1, 0.15) is 41.7 Å². The van der Waals surface area contributed by atoms with Gasteiger partial charge in [-0.1, -0.05) is 43.3 Å². The standard InChI is InChI=1S/C22H24N4O2/c1-2-8-21(27)24-19-12-6-11-18(15-19)22(28)25-20(16-26-14-7-13-23-26)17-9-4-3-5-10-17/h3-7,9-15,20H,2,8,16H2,1H3,(H,24,27)(H,25,28). The predicted octanol–water partition coefficient (Wildman–Crippen LogP) is 3.79. The van der Waals surface area contributed by atoms with E-state index in [1.165, 1.54) is 0 Å². The molecule has 0 radical (unpaired) electrons. The highest BCUT2D eigenvalue weighted by Crippen LogP contribution is 2.17. The monoisotopic (exact) mass is 376 g/mol. The second-order valence-electron chi connectivity index (χ2n) is 6.54. The first-order valence-electron chi connectivity index (χ1n) is 9.39. The van der Waals surface area contributed by atoms with Gasteiger partial charge in [0.2, 0.25) is 5.91 Å². The third-order valence-electron chi connectivity index (χ3n) is 4.32. The molecule has 6 heteroatoms. The van der Waals surface area contributed by atoms with Crippen molar-refractivity contribution in [3.8, 4) is 0 Å². The lowest BCUT2D eigenvalue weighted by Crippen LogP contribution is -2.31. The van der Waals surface area contributed by atoms with E-state index in [1.54, 1.807) is 35.1 Å². The molecule has 0 aliphatic carbocycles. The van der Waals surface area contributed by atoms with Gasteiger partial charge in [0.15, 0.2) is 0 Å². The number of benzene rings is 2. The number of carbonyl (C=O) groups excluding carboxylic acids is 2. The van der Waals surface area contributed by atoms with Crippen molar-refractivity contribution in [2.45, 2.75) is 32.4 Å². The number of hydrogen-bond acceptors (Lipinski definition) is 3. The summed E-state index contributed by atoms with van der Waals surface area (Å²) in [6.45, 7) is 2.47. The van der Waals surface area contributed by atoms with E-state index >= 15 is 0 Å². The van der Waals surface area contributed by atoms with Gasteiger partial charge in [-0.2, -0.15) is 5.10 Å². The van der Waals surface area contributed by atoms with Crippen molar-refractivity contribution in [3.63, 3.8) is 0 Å². The highest BCUT2D eigenvalue weighted by Gasteiger charge is 2.17.